The molecule has 6 heteroatoms. The van der Waals surface area contributed by atoms with E-state index in [9.17, 15) is 4.79 Å². The topological polar surface area (TPSA) is 64.1 Å². The molecule has 1 aromatic heterocycles. The molecule has 3 aromatic rings. The predicted octanol–water partition coefficient (Wildman–Crippen LogP) is 3.92. The van der Waals surface area contributed by atoms with Gasteiger partial charge in [0.25, 0.3) is 5.91 Å². The molecule has 5 nitrogen and oxygen atoms in total. The van der Waals surface area contributed by atoms with Gasteiger partial charge in [-0.15, -0.1) is 10.2 Å². The summed E-state index contributed by atoms with van der Waals surface area (Å²) >= 11 is 1.33. The van der Waals surface area contributed by atoms with Gasteiger partial charge in [-0.05, 0) is 37.1 Å². The summed E-state index contributed by atoms with van der Waals surface area (Å²) in [6, 6.07) is 17.8. The molecule has 0 aliphatic heterocycles. The van der Waals surface area contributed by atoms with E-state index in [4.69, 9.17) is 4.74 Å². The zero-order valence-corrected chi connectivity index (χ0v) is 14.2. The Hall–Kier alpha value is -2.73. The standard InChI is InChI=1S/C18H17N3O2S/c1-12(17(22)19-18-21-20-13(2)24-18)23-16-10-8-15(9-11-16)14-6-4-3-5-7-14/h3-12H,1-2H3,(H,19,21,22). The van der Waals surface area contributed by atoms with Gasteiger partial charge < -0.3 is 4.74 Å². The average Bonchev–Trinajstić information content (AvgIpc) is 3.01. The molecule has 0 radical (unpaired) electrons. The SMILES string of the molecule is Cc1nnc(NC(=O)C(C)Oc2ccc(-c3ccccc3)cc2)s1. The second-order valence-corrected chi connectivity index (χ2v) is 6.45. The Morgan fingerprint density at radius 3 is 2.33 bits per heavy atom. The van der Waals surface area contributed by atoms with E-state index in [-0.39, 0.29) is 5.91 Å². The van der Waals surface area contributed by atoms with Gasteiger partial charge in [-0.2, -0.15) is 0 Å². The maximum atomic E-state index is 12.1. The molecule has 0 spiro atoms. The first-order valence-electron chi connectivity index (χ1n) is 7.55. The fourth-order valence-corrected chi connectivity index (χ4v) is 2.76. The van der Waals surface area contributed by atoms with Crippen LogP contribution in [0.25, 0.3) is 11.1 Å². The average molecular weight is 339 g/mol. The van der Waals surface area contributed by atoms with E-state index in [2.05, 4.69) is 27.6 Å². The fourth-order valence-electron chi connectivity index (χ4n) is 2.17. The summed E-state index contributed by atoms with van der Waals surface area (Å²) in [7, 11) is 0. The number of benzene rings is 2. The van der Waals surface area contributed by atoms with E-state index in [1.807, 2.05) is 49.4 Å². The van der Waals surface area contributed by atoms with Crippen molar-refractivity contribution in [1.29, 1.82) is 0 Å². The van der Waals surface area contributed by atoms with Crippen molar-refractivity contribution in [2.75, 3.05) is 5.32 Å². The van der Waals surface area contributed by atoms with Crippen LogP contribution in [0, 0.1) is 6.92 Å². The number of carbonyl (C=O) groups is 1. The molecule has 0 aliphatic carbocycles. The summed E-state index contributed by atoms with van der Waals surface area (Å²) in [5.41, 5.74) is 2.24. The van der Waals surface area contributed by atoms with Gasteiger partial charge in [0.2, 0.25) is 5.13 Å². The highest BCUT2D eigenvalue weighted by Crippen LogP contribution is 2.23. The molecule has 2 aromatic carbocycles. The van der Waals surface area contributed by atoms with E-state index < -0.39 is 6.10 Å². The lowest BCUT2D eigenvalue weighted by atomic mass is 10.1. The van der Waals surface area contributed by atoms with E-state index in [0.717, 1.165) is 16.1 Å². The number of rotatable bonds is 5. The summed E-state index contributed by atoms with van der Waals surface area (Å²) in [4.78, 5) is 12.1. The largest absolute Gasteiger partial charge is 0.481 e. The highest BCUT2D eigenvalue weighted by molar-refractivity contribution is 7.15. The number of aryl methyl sites for hydroxylation is 1. The Balaban J connectivity index is 1.62. The summed E-state index contributed by atoms with van der Waals surface area (Å²) in [5.74, 6) is 0.393. The number of amides is 1. The van der Waals surface area contributed by atoms with Crippen molar-refractivity contribution in [3.05, 3.63) is 59.6 Å². The van der Waals surface area contributed by atoms with Crippen LogP contribution < -0.4 is 10.1 Å². The minimum Gasteiger partial charge on any atom is -0.481 e. The molecule has 0 fully saturated rings. The van der Waals surface area contributed by atoms with Crippen molar-refractivity contribution in [1.82, 2.24) is 10.2 Å². The van der Waals surface area contributed by atoms with E-state index >= 15 is 0 Å². The molecule has 0 saturated carbocycles. The van der Waals surface area contributed by atoms with Crippen molar-refractivity contribution >= 4 is 22.4 Å². The van der Waals surface area contributed by atoms with Crippen LogP contribution in [0.1, 0.15) is 11.9 Å². The van der Waals surface area contributed by atoms with Gasteiger partial charge in [-0.3, -0.25) is 10.1 Å². The molecule has 0 bridgehead atoms. The summed E-state index contributed by atoms with van der Waals surface area (Å²) in [5, 5.41) is 11.7. The molecule has 1 atom stereocenters. The van der Waals surface area contributed by atoms with Crippen LogP contribution in [-0.2, 0) is 4.79 Å². The molecule has 1 N–H and O–H groups in total. The number of ether oxygens (including phenoxy) is 1. The van der Waals surface area contributed by atoms with Crippen molar-refractivity contribution < 1.29 is 9.53 Å². The van der Waals surface area contributed by atoms with Crippen molar-refractivity contribution in [3.63, 3.8) is 0 Å². The van der Waals surface area contributed by atoms with E-state index in [1.165, 1.54) is 11.3 Å². The zero-order valence-electron chi connectivity index (χ0n) is 13.4. The fraction of sp³-hybridized carbons (Fsp3) is 0.167. The zero-order chi connectivity index (χ0) is 16.9. The molecular weight excluding hydrogens is 322 g/mol. The number of aromatic nitrogens is 2. The van der Waals surface area contributed by atoms with Crippen LogP contribution in [0.3, 0.4) is 0 Å². The third kappa shape index (κ3) is 3.97. The number of anilines is 1. The first-order chi connectivity index (χ1) is 11.6. The number of hydrogen-bond acceptors (Lipinski definition) is 5. The normalized spacial score (nSPS) is 11.8. The second-order valence-electron chi connectivity index (χ2n) is 5.27. The van der Waals surface area contributed by atoms with Crippen molar-refractivity contribution in [2.24, 2.45) is 0 Å². The first-order valence-corrected chi connectivity index (χ1v) is 8.36. The second kappa shape index (κ2) is 7.23. The Labute approximate surface area is 144 Å². The lowest BCUT2D eigenvalue weighted by Crippen LogP contribution is -2.30. The quantitative estimate of drug-likeness (QED) is 0.765. The number of nitrogens with one attached hydrogen (secondary N) is 1. The summed E-state index contributed by atoms with van der Waals surface area (Å²) in [6.45, 7) is 3.54. The van der Waals surface area contributed by atoms with Gasteiger partial charge in [0, 0.05) is 0 Å². The Morgan fingerprint density at radius 1 is 1.04 bits per heavy atom. The minimum absolute atomic E-state index is 0.252. The predicted molar refractivity (Wildman–Crippen MR) is 95.2 cm³/mol. The van der Waals surface area contributed by atoms with Crippen LogP contribution in [0.15, 0.2) is 54.6 Å². The van der Waals surface area contributed by atoms with Crippen LogP contribution >= 0.6 is 11.3 Å². The highest BCUT2D eigenvalue weighted by atomic mass is 32.1. The molecule has 1 heterocycles. The first kappa shape index (κ1) is 16.1. The van der Waals surface area contributed by atoms with Gasteiger partial charge >= 0.3 is 0 Å². The third-order valence-corrected chi connectivity index (χ3v) is 4.15. The van der Waals surface area contributed by atoms with E-state index in [1.54, 1.807) is 6.92 Å². The summed E-state index contributed by atoms with van der Waals surface area (Å²) in [6.07, 6.45) is -0.628. The van der Waals surface area contributed by atoms with Gasteiger partial charge in [-0.1, -0.05) is 53.8 Å². The van der Waals surface area contributed by atoms with Gasteiger partial charge in [-0.25, -0.2) is 0 Å². The van der Waals surface area contributed by atoms with Gasteiger partial charge in [0.1, 0.15) is 10.8 Å². The smallest absolute Gasteiger partial charge is 0.266 e. The minimum atomic E-state index is -0.628. The molecule has 1 amide bonds. The third-order valence-electron chi connectivity index (χ3n) is 3.40. The van der Waals surface area contributed by atoms with Crippen LogP contribution in [0.4, 0.5) is 5.13 Å². The van der Waals surface area contributed by atoms with Crippen molar-refractivity contribution in [2.45, 2.75) is 20.0 Å². The molecule has 24 heavy (non-hydrogen) atoms. The van der Waals surface area contributed by atoms with Gasteiger partial charge in [0.05, 0.1) is 0 Å². The number of carbonyl (C=O) groups excluding carboxylic acids is 1. The molecule has 0 aliphatic rings. The highest BCUT2D eigenvalue weighted by Gasteiger charge is 2.16. The Morgan fingerprint density at radius 2 is 1.71 bits per heavy atom. The lowest BCUT2D eigenvalue weighted by molar-refractivity contribution is -0.122. The molecule has 1 unspecified atom stereocenters. The molecular formula is C18H17N3O2S. The van der Waals surface area contributed by atoms with E-state index in [0.29, 0.717) is 10.9 Å². The molecule has 122 valence electrons. The Kier molecular flexibility index (Phi) is 4.86. The van der Waals surface area contributed by atoms with Crippen LogP contribution in [0.5, 0.6) is 5.75 Å². The Bertz CT molecular complexity index is 816. The van der Waals surface area contributed by atoms with Crippen LogP contribution in [0.2, 0.25) is 0 Å². The molecule has 0 saturated heterocycles. The van der Waals surface area contributed by atoms with Crippen molar-refractivity contribution in [3.8, 4) is 16.9 Å². The monoisotopic (exact) mass is 339 g/mol. The maximum absolute atomic E-state index is 12.1. The van der Waals surface area contributed by atoms with Crippen LogP contribution in [-0.4, -0.2) is 22.2 Å². The number of nitrogens with zero attached hydrogens (tertiary/aromatic N) is 2. The lowest BCUT2D eigenvalue weighted by Gasteiger charge is -2.14. The van der Waals surface area contributed by atoms with Gasteiger partial charge in [0.15, 0.2) is 6.10 Å². The maximum Gasteiger partial charge on any atom is 0.266 e. The number of hydrogen-bond donors (Lipinski definition) is 1. The molecule has 3 rings (SSSR count). The summed E-state index contributed by atoms with van der Waals surface area (Å²) < 4.78 is 5.69.